The van der Waals surface area contributed by atoms with Gasteiger partial charge < -0.3 is 15.4 Å². The first kappa shape index (κ1) is 17.9. The molecule has 1 aliphatic carbocycles. The fourth-order valence-corrected chi connectivity index (χ4v) is 3.97. The van der Waals surface area contributed by atoms with Crippen molar-refractivity contribution in [3.8, 4) is 0 Å². The molecule has 136 valence electrons. The maximum atomic E-state index is 14.2. The Kier molecular flexibility index (Phi) is 4.82. The molecule has 0 bridgehead atoms. The van der Waals surface area contributed by atoms with Gasteiger partial charge in [-0.05, 0) is 38.2 Å². The molecule has 3 rings (SSSR count). The molecule has 2 amide bonds. The number of amides is 2. The molecule has 2 fully saturated rings. The normalized spacial score (nSPS) is 24.8. The van der Waals surface area contributed by atoms with Crippen LogP contribution in [0.4, 0.5) is 4.39 Å². The summed E-state index contributed by atoms with van der Waals surface area (Å²) in [6.07, 6.45) is 3.65. The number of halogens is 1. The zero-order chi connectivity index (χ0) is 18.1. The minimum Gasteiger partial charge on any atom is -0.376 e. The van der Waals surface area contributed by atoms with E-state index in [4.69, 9.17) is 10.5 Å². The molecule has 1 aromatic rings. The van der Waals surface area contributed by atoms with Crippen LogP contribution in [-0.2, 0) is 19.7 Å². The molecule has 1 atom stereocenters. The molecule has 1 aliphatic heterocycles. The second-order valence-corrected chi connectivity index (χ2v) is 7.25. The monoisotopic (exact) mass is 348 g/mol. The van der Waals surface area contributed by atoms with Crippen LogP contribution < -0.4 is 5.73 Å². The Bertz CT molecular complexity index is 674. The Labute approximate surface area is 147 Å². The highest BCUT2D eigenvalue weighted by atomic mass is 19.1. The van der Waals surface area contributed by atoms with E-state index in [2.05, 4.69) is 0 Å². The molecular formula is C19H25FN2O3. The van der Waals surface area contributed by atoms with Crippen LogP contribution in [0, 0.1) is 5.82 Å². The molecule has 5 nitrogen and oxygen atoms in total. The van der Waals surface area contributed by atoms with E-state index in [0.29, 0.717) is 37.9 Å². The van der Waals surface area contributed by atoms with Gasteiger partial charge in [-0.3, -0.25) is 9.59 Å². The number of carbonyl (C=O) groups excluding carboxylic acids is 2. The average Bonchev–Trinajstić information content (AvgIpc) is 3.41. The van der Waals surface area contributed by atoms with Gasteiger partial charge in [0.2, 0.25) is 11.8 Å². The number of piperidine rings is 1. The Balaban J connectivity index is 1.78. The lowest BCUT2D eigenvalue weighted by atomic mass is 9.86. The molecule has 2 N–H and O–H groups in total. The first-order chi connectivity index (χ1) is 11.9. The van der Waals surface area contributed by atoms with E-state index in [1.54, 1.807) is 30.2 Å². The summed E-state index contributed by atoms with van der Waals surface area (Å²) in [5, 5.41) is 0. The molecule has 6 heteroatoms. The lowest BCUT2D eigenvalue weighted by molar-refractivity contribution is -0.144. The van der Waals surface area contributed by atoms with Gasteiger partial charge in [0.15, 0.2) is 0 Å². The Morgan fingerprint density at radius 2 is 2.00 bits per heavy atom. The number of nitrogens with zero attached hydrogens (tertiary/aromatic N) is 1. The van der Waals surface area contributed by atoms with E-state index in [9.17, 15) is 14.0 Å². The summed E-state index contributed by atoms with van der Waals surface area (Å²) in [6, 6.07) is 6.53. The number of primary amides is 1. The number of likely N-dealkylation sites (tertiary alicyclic amines) is 1. The van der Waals surface area contributed by atoms with E-state index < -0.39 is 11.0 Å². The number of hydrogen-bond acceptors (Lipinski definition) is 3. The van der Waals surface area contributed by atoms with Gasteiger partial charge in [-0.15, -0.1) is 0 Å². The third kappa shape index (κ3) is 3.40. The first-order valence-corrected chi connectivity index (χ1v) is 8.80. The number of rotatable bonds is 6. The fourth-order valence-electron chi connectivity index (χ4n) is 3.97. The van der Waals surface area contributed by atoms with E-state index >= 15 is 0 Å². The molecule has 0 radical (unpaired) electrons. The third-order valence-electron chi connectivity index (χ3n) is 5.64. The second-order valence-electron chi connectivity index (χ2n) is 7.25. The van der Waals surface area contributed by atoms with Gasteiger partial charge in [-0.1, -0.05) is 18.2 Å². The minimum absolute atomic E-state index is 0.0298. The van der Waals surface area contributed by atoms with Gasteiger partial charge in [0.1, 0.15) is 5.82 Å². The molecular weight excluding hydrogens is 323 g/mol. The van der Waals surface area contributed by atoms with Crippen LogP contribution in [0.1, 0.15) is 44.1 Å². The highest BCUT2D eigenvalue weighted by molar-refractivity contribution is 5.91. The zero-order valence-corrected chi connectivity index (χ0v) is 14.6. The van der Waals surface area contributed by atoms with Crippen LogP contribution in [0.25, 0.3) is 0 Å². The second kappa shape index (κ2) is 6.75. The van der Waals surface area contributed by atoms with Gasteiger partial charge in [-0.2, -0.15) is 0 Å². The van der Waals surface area contributed by atoms with Crippen molar-refractivity contribution >= 4 is 11.8 Å². The van der Waals surface area contributed by atoms with Crippen molar-refractivity contribution in [2.75, 3.05) is 20.2 Å². The molecule has 1 saturated heterocycles. The largest absolute Gasteiger partial charge is 0.376 e. The maximum Gasteiger partial charge on any atom is 0.233 e. The average molecular weight is 348 g/mol. The van der Waals surface area contributed by atoms with Crippen molar-refractivity contribution in [1.82, 2.24) is 4.90 Å². The van der Waals surface area contributed by atoms with Gasteiger partial charge in [-0.25, -0.2) is 4.39 Å². The quantitative estimate of drug-likeness (QED) is 0.856. The summed E-state index contributed by atoms with van der Waals surface area (Å²) in [6.45, 7) is 1.06. The highest BCUT2D eigenvalue weighted by Crippen LogP contribution is 2.51. The lowest BCUT2D eigenvalue weighted by Crippen LogP contribution is -2.54. The topological polar surface area (TPSA) is 72.6 Å². The minimum atomic E-state index is -0.730. The number of carbonyl (C=O) groups is 2. The predicted octanol–water partition coefficient (Wildman–Crippen LogP) is 2.13. The van der Waals surface area contributed by atoms with E-state index in [1.165, 1.54) is 6.07 Å². The summed E-state index contributed by atoms with van der Waals surface area (Å²) >= 11 is 0. The van der Waals surface area contributed by atoms with Crippen LogP contribution >= 0.6 is 0 Å². The zero-order valence-electron chi connectivity index (χ0n) is 14.6. The van der Waals surface area contributed by atoms with Crippen molar-refractivity contribution in [2.45, 2.75) is 49.5 Å². The number of benzene rings is 1. The SMILES string of the molecule is CO[C@@]1(CCC(N)=O)CCCN(C(=O)C2(c3ccccc3F)CC2)C1. The molecule has 0 aromatic heterocycles. The van der Waals surface area contributed by atoms with Gasteiger partial charge in [0, 0.05) is 32.2 Å². The Morgan fingerprint density at radius 3 is 2.60 bits per heavy atom. The molecule has 0 unspecified atom stereocenters. The Morgan fingerprint density at radius 1 is 1.28 bits per heavy atom. The van der Waals surface area contributed by atoms with E-state index in [1.807, 2.05) is 0 Å². The smallest absolute Gasteiger partial charge is 0.233 e. The lowest BCUT2D eigenvalue weighted by Gasteiger charge is -2.43. The van der Waals surface area contributed by atoms with Crippen LogP contribution in [0.3, 0.4) is 0 Å². The fraction of sp³-hybridized carbons (Fsp3) is 0.579. The first-order valence-electron chi connectivity index (χ1n) is 8.80. The van der Waals surface area contributed by atoms with Crippen LogP contribution in [-0.4, -0.2) is 42.5 Å². The summed E-state index contributed by atoms with van der Waals surface area (Å²) in [4.78, 5) is 26.1. The van der Waals surface area contributed by atoms with Crippen molar-refractivity contribution < 1.29 is 18.7 Å². The van der Waals surface area contributed by atoms with Gasteiger partial charge in [0.05, 0.1) is 11.0 Å². The van der Waals surface area contributed by atoms with Crippen molar-refractivity contribution in [1.29, 1.82) is 0 Å². The molecule has 25 heavy (non-hydrogen) atoms. The van der Waals surface area contributed by atoms with Crippen molar-refractivity contribution in [2.24, 2.45) is 5.73 Å². The summed E-state index contributed by atoms with van der Waals surface area (Å²) in [7, 11) is 1.61. The van der Waals surface area contributed by atoms with E-state index in [-0.39, 0.29) is 24.1 Å². The van der Waals surface area contributed by atoms with Gasteiger partial charge in [0.25, 0.3) is 0 Å². The standard InChI is InChI=1S/C19H25FN2O3/c1-25-18(9-7-16(21)23)8-4-12-22(13-18)17(24)19(10-11-19)14-5-2-3-6-15(14)20/h2-3,5-6H,4,7-13H2,1H3,(H2,21,23)/t18-/m1/s1. The highest BCUT2D eigenvalue weighted by Gasteiger charge is 2.55. The predicted molar refractivity (Wildman–Crippen MR) is 91.3 cm³/mol. The number of ether oxygens (including phenoxy) is 1. The number of nitrogens with two attached hydrogens (primary N) is 1. The molecule has 1 aromatic carbocycles. The van der Waals surface area contributed by atoms with Crippen LogP contribution in [0.5, 0.6) is 0 Å². The van der Waals surface area contributed by atoms with Crippen molar-refractivity contribution in [3.63, 3.8) is 0 Å². The summed E-state index contributed by atoms with van der Waals surface area (Å²) in [5.41, 5.74) is 4.49. The molecule has 1 saturated carbocycles. The summed E-state index contributed by atoms with van der Waals surface area (Å²) in [5.74, 6) is -0.722. The molecule has 0 spiro atoms. The van der Waals surface area contributed by atoms with E-state index in [0.717, 1.165) is 12.8 Å². The molecule has 1 heterocycles. The van der Waals surface area contributed by atoms with Crippen molar-refractivity contribution in [3.05, 3.63) is 35.6 Å². The number of methoxy groups -OCH3 is 1. The van der Waals surface area contributed by atoms with Gasteiger partial charge >= 0.3 is 0 Å². The Hall–Kier alpha value is -1.95. The third-order valence-corrected chi connectivity index (χ3v) is 5.64. The van der Waals surface area contributed by atoms with Crippen LogP contribution in [0.2, 0.25) is 0 Å². The maximum absolute atomic E-state index is 14.2. The summed E-state index contributed by atoms with van der Waals surface area (Å²) < 4.78 is 19.9. The van der Waals surface area contributed by atoms with Crippen LogP contribution in [0.15, 0.2) is 24.3 Å². The molecule has 2 aliphatic rings. The number of hydrogen-bond donors (Lipinski definition) is 1.